The SMILES string of the molecule is Cc1ccc2c3c(C(N)=O)cccc3n(Cc3ccccc3C(N)=O)c2c1. The van der Waals surface area contributed by atoms with Gasteiger partial charge in [-0.05, 0) is 42.3 Å². The van der Waals surface area contributed by atoms with Crippen molar-refractivity contribution in [2.45, 2.75) is 13.5 Å². The summed E-state index contributed by atoms with van der Waals surface area (Å²) in [6, 6.07) is 18.9. The number of hydrogen-bond donors (Lipinski definition) is 2. The molecule has 134 valence electrons. The summed E-state index contributed by atoms with van der Waals surface area (Å²) in [5.41, 5.74) is 16.0. The van der Waals surface area contributed by atoms with E-state index in [0.29, 0.717) is 17.7 Å². The Labute approximate surface area is 156 Å². The first-order chi connectivity index (χ1) is 13.0. The van der Waals surface area contributed by atoms with Crippen molar-refractivity contribution < 1.29 is 9.59 Å². The summed E-state index contributed by atoms with van der Waals surface area (Å²) in [6.45, 7) is 2.48. The van der Waals surface area contributed by atoms with Gasteiger partial charge in [-0.15, -0.1) is 0 Å². The van der Waals surface area contributed by atoms with E-state index in [-0.39, 0.29) is 0 Å². The molecule has 4 N–H and O–H groups in total. The van der Waals surface area contributed by atoms with Crippen LogP contribution in [-0.4, -0.2) is 16.4 Å². The van der Waals surface area contributed by atoms with Crippen molar-refractivity contribution in [2.24, 2.45) is 11.5 Å². The lowest BCUT2D eigenvalue weighted by Gasteiger charge is -2.11. The molecule has 27 heavy (non-hydrogen) atoms. The Morgan fingerprint density at radius 2 is 1.56 bits per heavy atom. The number of amides is 2. The van der Waals surface area contributed by atoms with Gasteiger partial charge in [0.15, 0.2) is 0 Å². The van der Waals surface area contributed by atoms with Crippen molar-refractivity contribution >= 4 is 33.6 Å². The summed E-state index contributed by atoms with van der Waals surface area (Å²) >= 11 is 0. The number of aromatic nitrogens is 1. The van der Waals surface area contributed by atoms with Gasteiger partial charge in [0.05, 0.1) is 5.52 Å². The molecule has 0 aliphatic carbocycles. The molecule has 0 atom stereocenters. The van der Waals surface area contributed by atoms with E-state index in [9.17, 15) is 9.59 Å². The highest BCUT2D eigenvalue weighted by Gasteiger charge is 2.17. The fraction of sp³-hybridized carbons (Fsp3) is 0.0909. The average molecular weight is 357 g/mol. The molecule has 0 saturated carbocycles. The predicted molar refractivity (Wildman–Crippen MR) is 107 cm³/mol. The molecule has 0 fully saturated rings. The van der Waals surface area contributed by atoms with Crippen LogP contribution in [0.3, 0.4) is 0 Å². The van der Waals surface area contributed by atoms with Gasteiger partial charge in [0, 0.05) is 34.0 Å². The topological polar surface area (TPSA) is 91.1 Å². The van der Waals surface area contributed by atoms with Crippen molar-refractivity contribution in [1.29, 1.82) is 0 Å². The van der Waals surface area contributed by atoms with Crippen LogP contribution in [0.1, 0.15) is 31.8 Å². The molecule has 5 nitrogen and oxygen atoms in total. The van der Waals surface area contributed by atoms with Gasteiger partial charge in [0.1, 0.15) is 0 Å². The highest BCUT2D eigenvalue weighted by Crippen LogP contribution is 2.33. The maximum Gasteiger partial charge on any atom is 0.249 e. The molecule has 4 aromatic rings. The monoisotopic (exact) mass is 357 g/mol. The normalized spacial score (nSPS) is 11.1. The van der Waals surface area contributed by atoms with Crippen LogP contribution in [0.15, 0.2) is 60.7 Å². The molecule has 5 heteroatoms. The number of carbonyl (C=O) groups excluding carboxylic acids is 2. The first kappa shape index (κ1) is 16.8. The average Bonchev–Trinajstić information content (AvgIpc) is 2.95. The van der Waals surface area contributed by atoms with Gasteiger partial charge in [-0.2, -0.15) is 0 Å². The zero-order valence-electron chi connectivity index (χ0n) is 14.9. The van der Waals surface area contributed by atoms with E-state index in [1.54, 1.807) is 18.2 Å². The number of benzene rings is 3. The maximum absolute atomic E-state index is 12.0. The van der Waals surface area contributed by atoms with E-state index in [1.165, 1.54) is 0 Å². The van der Waals surface area contributed by atoms with Gasteiger partial charge in [-0.1, -0.05) is 36.4 Å². The lowest BCUT2D eigenvalue weighted by Crippen LogP contribution is -2.15. The van der Waals surface area contributed by atoms with E-state index in [4.69, 9.17) is 11.5 Å². The largest absolute Gasteiger partial charge is 0.366 e. The molecular formula is C22H19N3O2. The van der Waals surface area contributed by atoms with Crippen LogP contribution in [-0.2, 0) is 6.54 Å². The van der Waals surface area contributed by atoms with Gasteiger partial charge < -0.3 is 16.0 Å². The van der Waals surface area contributed by atoms with Crippen molar-refractivity contribution in [3.8, 4) is 0 Å². The lowest BCUT2D eigenvalue weighted by molar-refractivity contribution is 0.0992. The number of fused-ring (bicyclic) bond motifs is 3. The van der Waals surface area contributed by atoms with Crippen LogP contribution in [0.5, 0.6) is 0 Å². The van der Waals surface area contributed by atoms with Gasteiger partial charge in [-0.25, -0.2) is 0 Å². The van der Waals surface area contributed by atoms with Crippen LogP contribution >= 0.6 is 0 Å². The minimum atomic E-state index is -0.460. The molecule has 2 amide bonds. The third-order valence-corrected chi connectivity index (χ3v) is 4.92. The maximum atomic E-state index is 12.0. The van der Waals surface area contributed by atoms with Crippen molar-refractivity contribution in [2.75, 3.05) is 0 Å². The first-order valence-corrected chi connectivity index (χ1v) is 8.66. The Morgan fingerprint density at radius 3 is 2.30 bits per heavy atom. The number of nitrogens with two attached hydrogens (primary N) is 2. The van der Waals surface area contributed by atoms with Crippen LogP contribution in [0, 0.1) is 6.92 Å². The highest BCUT2D eigenvalue weighted by atomic mass is 16.1. The van der Waals surface area contributed by atoms with E-state index < -0.39 is 11.8 Å². The Bertz CT molecular complexity index is 1220. The third kappa shape index (κ3) is 2.73. The molecule has 0 radical (unpaired) electrons. The van der Waals surface area contributed by atoms with Gasteiger partial charge in [-0.3, -0.25) is 9.59 Å². The third-order valence-electron chi connectivity index (χ3n) is 4.92. The number of hydrogen-bond acceptors (Lipinski definition) is 2. The number of primary amides is 2. The van der Waals surface area contributed by atoms with E-state index in [1.807, 2.05) is 43.3 Å². The molecule has 0 unspecified atom stereocenters. The van der Waals surface area contributed by atoms with Crippen LogP contribution in [0.25, 0.3) is 21.8 Å². The van der Waals surface area contributed by atoms with Crippen LogP contribution in [0.2, 0.25) is 0 Å². The summed E-state index contributed by atoms with van der Waals surface area (Å²) in [4.78, 5) is 23.8. The molecule has 3 aromatic carbocycles. The summed E-state index contributed by atoms with van der Waals surface area (Å²) in [6.07, 6.45) is 0. The zero-order valence-corrected chi connectivity index (χ0v) is 14.9. The number of carbonyl (C=O) groups is 2. The van der Waals surface area contributed by atoms with Crippen LogP contribution < -0.4 is 11.5 Å². The number of rotatable bonds is 4. The molecule has 0 spiro atoms. The Balaban J connectivity index is 2.05. The number of nitrogens with zero attached hydrogens (tertiary/aromatic N) is 1. The number of aryl methyl sites for hydroxylation is 1. The predicted octanol–water partition coefficient (Wildman–Crippen LogP) is 3.35. The lowest BCUT2D eigenvalue weighted by atomic mass is 10.1. The van der Waals surface area contributed by atoms with Crippen molar-refractivity contribution in [1.82, 2.24) is 4.57 Å². The van der Waals surface area contributed by atoms with Crippen molar-refractivity contribution in [3.05, 3.63) is 82.9 Å². The van der Waals surface area contributed by atoms with Crippen LogP contribution in [0.4, 0.5) is 0 Å². The summed E-state index contributed by atoms with van der Waals surface area (Å²) in [5, 5.41) is 1.79. The molecule has 1 heterocycles. The summed E-state index contributed by atoms with van der Waals surface area (Å²) < 4.78 is 2.10. The smallest absolute Gasteiger partial charge is 0.249 e. The Hall–Kier alpha value is -3.60. The zero-order chi connectivity index (χ0) is 19.1. The fourth-order valence-corrected chi connectivity index (χ4v) is 3.70. The molecule has 4 rings (SSSR count). The van der Waals surface area contributed by atoms with E-state index in [2.05, 4.69) is 10.6 Å². The fourth-order valence-electron chi connectivity index (χ4n) is 3.70. The minimum absolute atomic E-state index is 0.458. The molecule has 0 aliphatic heterocycles. The van der Waals surface area contributed by atoms with Gasteiger partial charge in [0.2, 0.25) is 11.8 Å². The minimum Gasteiger partial charge on any atom is -0.366 e. The molecule has 0 aliphatic rings. The van der Waals surface area contributed by atoms with Gasteiger partial charge >= 0.3 is 0 Å². The van der Waals surface area contributed by atoms with Gasteiger partial charge in [0.25, 0.3) is 0 Å². The standard InChI is InChI=1S/C22H19N3O2/c1-13-9-10-16-19(11-13)25(12-14-5-2-3-6-15(14)21(23)26)18-8-4-7-17(20(16)18)22(24)27/h2-11H,12H2,1H3,(H2,23,26)(H2,24,27). The summed E-state index contributed by atoms with van der Waals surface area (Å²) in [5.74, 6) is -0.918. The second kappa shape index (κ2) is 6.29. The quantitative estimate of drug-likeness (QED) is 0.586. The molecule has 1 aromatic heterocycles. The van der Waals surface area contributed by atoms with E-state index in [0.717, 1.165) is 32.9 Å². The second-order valence-corrected chi connectivity index (χ2v) is 6.69. The molecular weight excluding hydrogens is 338 g/mol. The second-order valence-electron chi connectivity index (χ2n) is 6.69. The molecule has 0 bridgehead atoms. The highest BCUT2D eigenvalue weighted by molar-refractivity contribution is 6.18. The Kier molecular flexibility index (Phi) is 3.92. The summed E-state index contributed by atoms with van der Waals surface area (Å²) in [7, 11) is 0. The molecule has 0 saturated heterocycles. The Morgan fingerprint density at radius 1 is 0.852 bits per heavy atom. The van der Waals surface area contributed by atoms with E-state index >= 15 is 0 Å². The first-order valence-electron chi connectivity index (χ1n) is 8.66. The van der Waals surface area contributed by atoms with Crippen molar-refractivity contribution in [3.63, 3.8) is 0 Å².